The first-order valence-corrected chi connectivity index (χ1v) is 12.6. The first-order chi connectivity index (χ1) is 14.3. The van der Waals surface area contributed by atoms with E-state index in [1.807, 2.05) is 0 Å². The van der Waals surface area contributed by atoms with E-state index in [-0.39, 0.29) is 0 Å². The smallest absolute Gasteiger partial charge is 0.0698 e. The van der Waals surface area contributed by atoms with Crippen LogP contribution in [0.2, 0.25) is 0 Å². The van der Waals surface area contributed by atoms with E-state index in [0.717, 1.165) is 25.9 Å². The highest BCUT2D eigenvalue weighted by atomic mass is 31.1. The van der Waals surface area contributed by atoms with Crippen molar-refractivity contribution in [1.82, 2.24) is 9.34 Å². The van der Waals surface area contributed by atoms with Gasteiger partial charge < -0.3 is 0 Å². The maximum atomic E-state index is 13.9. The summed E-state index contributed by atoms with van der Waals surface area (Å²) in [6, 6.07) is 9.88. The van der Waals surface area contributed by atoms with Crippen LogP contribution in [-0.4, -0.2) is 21.4 Å². The molecule has 1 heterocycles. The summed E-state index contributed by atoms with van der Waals surface area (Å²) in [6.07, 6.45) is 4.84. The Hall–Kier alpha value is -1.54. The molecule has 1 saturated heterocycles. The molecule has 2 aromatic carbocycles. The summed E-state index contributed by atoms with van der Waals surface area (Å²) in [5.74, 6) is 0. The van der Waals surface area contributed by atoms with Crippen LogP contribution in [0.5, 0.6) is 0 Å². The Morgan fingerprint density at radius 3 is 1.37 bits per heavy atom. The van der Waals surface area contributed by atoms with Crippen molar-refractivity contribution in [2.24, 2.45) is 0 Å². The van der Waals surface area contributed by atoms with Gasteiger partial charge in [-0.25, -0.2) is 0 Å². The molecule has 2 atom stereocenters. The Balaban J connectivity index is 1.65. The number of nitrogens with zero attached hydrogens (tertiary/aromatic N) is 2. The van der Waals surface area contributed by atoms with Gasteiger partial charge in [0.1, 0.15) is 0 Å². The van der Waals surface area contributed by atoms with Crippen molar-refractivity contribution in [2.45, 2.75) is 92.4 Å². The fourth-order valence-electron chi connectivity index (χ4n) is 5.79. The van der Waals surface area contributed by atoms with Crippen molar-refractivity contribution in [3.05, 3.63) is 68.8 Å². The monoisotopic (exact) mass is 423 g/mol. The molecule has 30 heavy (non-hydrogen) atoms. The Bertz CT molecular complexity index is 859. The minimum atomic E-state index is -1.54. The lowest BCUT2D eigenvalue weighted by atomic mass is 9.89. The molecule has 4 heteroatoms. The molecule has 0 spiro atoms. The number of aryl methyl sites for hydroxylation is 6. The predicted molar refractivity (Wildman–Crippen MR) is 126 cm³/mol. The van der Waals surface area contributed by atoms with Crippen LogP contribution in [0.1, 0.15) is 70.2 Å². The zero-order chi connectivity index (χ0) is 21.6. The van der Waals surface area contributed by atoms with E-state index in [0.29, 0.717) is 12.1 Å². The third-order valence-electron chi connectivity index (χ3n) is 7.22. The second-order valence-electron chi connectivity index (χ2n) is 9.62. The van der Waals surface area contributed by atoms with E-state index in [2.05, 4.69) is 75.1 Å². The Labute approximate surface area is 183 Å². The van der Waals surface area contributed by atoms with Gasteiger partial charge in [0.15, 0.2) is 0 Å². The van der Waals surface area contributed by atoms with E-state index in [9.17, 15) is 4.57 Å². The van der Waals surface area contributed by atoms with Crippen LogP contribution < -0.4 is 0 Å². The molecule has 0 aromatic heterocycles. The van der Waals surface area contributed by atoms with E-state index < -0.39 is 8.10 Å². The Morgan fingerprint density at radius 1 is 0.700 bits per heavy atom. The van der Waals surface area contributed by atoms with Crippen LogP contribution in [0, 0.1) is 41.5 Å². The van der Waals surface area contributed by atoms with Crippen molar-refractivity contribution >= 4 is 8.10 Å². The molecule has 0 N–H and O–H groups in total. The molecule has 1 aliphatic carbocycles. The molecule has 2 unspecified atom stereocenters. The average molecular weight is 424 g/mol. The molecule has 0 radical (unpaired) electrons. The molecule has 1 saturated carbocycles. The molecule has 0 bridgehead atoms. The highest BCUT2D eigenvalue weighted by Gasteiger charge is 2.57. The summed E-state index contributed by atoms with van der Waals surface area (Å²) >= 11 is 0. The average Bonchev–Trinajstić information content (AvgIpc) is 2.92. The van der Waals surface area contributed by atoms with Gasteiger partial charge >= 0.3 is 8.10 Å². The van der Waals surface area contributed by atoms with E-state index in [4.69, 9.17) is 0 Å². The summed E-state index contributed by atoms with van der Waals surface area (Å²) in [5.41, 5.74) is 10.6. The van der Waals surface area contributed by atoms with Gasteiger partial charge in [-0.1, -0.05) is 57.6 Å². The van der Waals surface area contributed by atoms with Gasteiger partial charge in [-0.05, 0) is 92.3 Å². The third-order valence-corrected chi connectivity index (χ3v) is 8.98. The lowest BCUT2D eigenvalue weighted by Crippen LogP contribution is -2.39. The molecule has 160 valence electrons. The minimum absolute atomic E-state index is 0.411. The maximum absolute atomic E-state index is 13.9. The maximum Gasteiger partial charge on any atom is 0.538 e. The van der Waals surface area contributed by atoms with Gasteiger partial charge in [0, 0.05) is 0 Å². The van der Waals surface area contributed by atoms with Gasteiger partial charge in [-0.2, -0.15) is 0 Å². The number of hydrogen-bond donors (Lipinski definition) is 0. The summed E-state index contributed by atoms with van der Waals surface area (Å²) in [5, 5.41) is 0. The highest BCUT2D eigenvalue weighted by Crippen LogP contribution is 2.52. The van der Waals surface area contributed by atoms with Crippen LogP contribution in [-0.2, 0) is 17.7 Å². The predicted octanol–water partition coefficient (Wildman–Crippen LogP) is 6.82. The fourth-order valence-corrected chi connectivity index (χ4v) is 7.65. The zero-order valence-corrected chi connectivity index (χ0v) is 20.4. The molecule has 2 aromatic rings. The van der Waals surface area contributed by atoms with Crippen LogP contribution in [0.25, 0.3) is 0 Å². The molecule has 0 amide bonds. The van der Waals surface area contributed by atoms with Crippen LogP contribution >= 0.6 is 8.10 Å². The summed E-state index contributed by atoms with van der Waals surface area (Å²) in [7, 11) is -1.54. The number of hydrogen-bond acceptors (Lipinski definition) is 1. The molecular weight excluding hydrogens is 387 g/mol. The summed E-state index contributed by atoms with van der Waals surface area (Å²) in [4.78, 5) is 0. The molecular formula is C26H36N2OP+. The first-order valence-electron chi connectivity index (χ1n) is 11.4. The lowest BCUT2D eigenvalue weighted by Gasteiger charge is -2.27. The van der Waals surface area contributed by atoms with Crippen molar-refractivity contribution < 1.29 is 4.57 Å². The second kappa shape index (κ2) is 8.54. The van der Waals surface area contributed by atoms with Gasteiger partial charge in [-0.15, -0.1) is 0 Å². The normalized spacial score (nSPS) is 23.7. The third kappa shape index (κ3) is 4.00. The molecule has 3 nitrogen and oxygen atoms in total. The molecule has 2 aliphatic rings. The van der Waals surface area contributed by atoms with Gasteiger partial charge in [0.2, 0.25) is 0 Å². The van der Waals surface area contributed by atoms with Crippen molar-refractivity contribution in [3.63, 3.8) is 0 Å². The Kier molecular flexibility index (Phi) is 6.17. The quantitative estimate of drug-likeness (QED) is 0.504. The van der Waals surface area contributed by atoms with Gasteiger partial charge in [0.05, 0.1) is 25.2 Å². The van der Waals surface area contributed by atoms with Crippen LogP contribution in [0.3, 0.4) is 0 Å². The second-order valence-corrected chi connectivity index (χ2v) is 11.2. The number of benzene rings is 2. The van der Waals surface area contributed by atoms with E-state index >= 15 is 0 Å². The number of fused-ring (bicyclic) bond motifs is 1. The summed E-state index contributed by atoms with van der Waals surface area (Å²) < 4.78 is 18.5. The van der Waals surface area contributed by atoms with Gasteiger partial charge in [0.25, 0.3) is 0 Å². The molecule has 1 aliphatic heterocycles. The van der Waals surface area contributed by atoms with E-state index in [1.54, 1.807) is 0 Å². The molecule has 2 fully saturated rings. The molecule has 4 rings (SSSR count). The summed E-state index contributed by atoms with van der Waals surface area (Å²) in [6.45, 7) is 14.7. The van der Waals surface area contributed by atoms with Crippen molar-refractivity contribution in [1.29, 1.82) is 0 Å². The van der Waals surface area contributed by atoms with Crippen LogP contribution in [0.15, 0.2) is 24.3 Å². The first kappa shape index (κ1) is 21.7. The lowest BCUT2D eigenvalue weighted by molar-refractivity contribution is 0.197. The minimum Gasteiger partial charge on any atom is -0.0698 e. The van der Waals surface area contributed by atoms with Crippen molar-refractivity contribution in [3.8, 4) is 0 Å². The highest BCUT2D eigenvalue weighted by molar-refractivity contribution is 7.39. The largest absolute Gasteiger partial charge is 0.538 e. The fraction of sp³-hybridized carbons (Fsp3) is 0.538. The van der Waals surface area contributed by atoms with Gasteiger partial charge in [-0.3, -0.25) is 0 Å². The topological polar surface area (TPSA) is 23.6 Å². The zero-order valence-electron chi connectivity index (χ0n) is 19.5. The Morgan fingerprint density at radius 2 is 1.03 bits per heavy atom. The van der Waals surface area contributed by atoms with E-state index in [1.165, 1.54) is 57.3 Å². The SMILES string of the molecule is Cc1cc(C)c(CN2C3CCCCC3N(Cc3c(C)cc(C)cc3C)[P+]2=O)c(C)c1. The van der Waals surface area contributed by atoms with Crippen LogP contribution in [0.4, 0.5) is 0 Å². The number of rotatable bonds is 4. The van der Waals surface area contributed by atoms with Crippen molar-refractivity contribution in [2.75, 3.05) is 0 Å². The standard InChI is InChI=1S/C26H36N2OP/c1-17-11-19(3)23(20(4)12-17)15-27-25-9-7-8-10-26(25)28(30(27)29)16-24-21(5)13-18(2)14-22(24)6/h11-14,25-26H,7-10,15-16H2,1-6H3/q+1.